The number of nitrogens with one attached hydrogen (secondary N) is 1. The van der Waals surface area contributed by atoms with Crippen LogP contribution in [0.1, 0.15) is 23.2 Å². The van der Waals surface area contributed by atoms with Gasteiger partial charge < -0.3 is 19.5 Å². The minimum atomic E-state index is -3.37. The summed E-state index contributed by atoms with van der Waals surface area (Å²) in [6.45, 7) is 2.45. The van der Waals surface area contributed by atoms with Crippen molar-refractivity contribution in [3.05, 3.63) is 24.2 Å². The van der Waals surface area contributed by atoms with Gasteiger partial charge in [-0.05, 0) is 31.9 Å². The molecule has 0 saturated carbocycles. The Kier molecular flexibility index (Phi) is 4.75. The van der Waals surface area contributed by atoms with Crippen molar-refractivity contribution in [2.75, 3.05) is 38.2 Å². The zero-order valence-electron chi connectivity index (χ0n) is 15.3. The number of likely N-dealkylation sites (N-methyl/N-ethyl adjacent to an activating group) is 1. The van der Waals surface area contributed by atoms with Gasteiger partial charge in [-0.3, -0.25) is 9.59 Å². The van der Waals surface area contributed by atoms with Crippen molar-refractivity contribution in [1.82, 2.24) is 15.1 Å². The van der Waals surface area contributed by atoms with E-state index in [0.717, 1.165) is 25.9 Å². The minimum Gasteiger partial charge on any atom is -0.472 e. The lowest BCUT2D eigenvalue weighted by Crippen LogP contribution is -2.54. The van der Waals surface area contributed by atoms with E-state index in [1.807, 2.05) is 4.90 Å². The Morgan fingerprint density at radius 2 is 2.07 bits per heavy atom. The molecule has 1 aromatic heterocycles. The quantitative estimate of drug-likeness (QED) is 0.772. The highest BCUT2D eigenvalue weighted by Gasteiger charge is 2.48. The first-order valence-electron chi connectivity index (χ1n) is 9.36. The van der Waals surface area contributed by atoms with Crippen LogP contribution in [0.5, 0.6) is 0 Å². The summed E-state index contributed by atoms with van der Waals surface area (Å²) in [6.07, 6.45) is 4.72. The first-order chi connectivity index (χ1) is 12.8. The molecule has 4 atom stereocenters. The Balaban J connectivity index is 1.52. The number of rotatable bonds is 3. The number of likely N-dealkylation sites (tertiary alicyclic amines) is 2. The van der Waals surface area contributed by atoms with Crippen LogP contribution >= 0.6 is 0 Å². The molecule has 2 amide bonds. The summed E-state index contributed by atoms with van der Waals surface area (Å²) >= 11 is 0. The maximum Gasteiger partial charge on any atom is 0.254 e. The first kappa shape index (κ1) is 18.5. The van der Waals surface area contributed by atoms with Gasteiger partial charge in [0.1, 0.15) is 6.26 Å². The number of carbonyl (C=O) groups is 2. The molecule has 1 N–H and O–H groups in total. The monoisotopic (exact) mass is 395 g/mol. The number of nitrogens with zero attached hydrogens (tertiary/aromatic N) is 2. The van der Waals surface area contributed by atoms with Crippen molar-refractivity contribution in [3.8, 4) is 0 Å². The van der Waals surface area contributed by atoms with Crippen LogP contribution in [0, 0.1) is 11.8 Å². The van der Waals surface area contributed by atoms with Crippen molar-refractivity contribution in [1.29, 1.82) is 0 Å². The maximum absolute atomic E-state index is 13.3. The minimum absolute atomic E-state index is 0.140. The van der Waals surface area contributed by atoms with E-state index in [9.17, 15) is 18.0 Å². The van der Waals surface area contributed by atoms with E-state index in [1.165, 1.54) is 18.6 Å². The van der Waals surface area contributed by atoms with Gasteiger partial charge in [0.15, 0.2) is 9.84 Å². The summed E-state index contributed by atoms with van der Waals surface area (Å²) in [4.78, 5) is 29.7. The third kappa shape index (κ3) is 3.62. The average Bonchev–Trinajstić information content (AvgIpc) is 3.31. The van der Waals surface area contributed by atoms with Crippen molar-refractivity contribution >= 4 is 21.7 Å². The smallest absolute Gasteiger partial charge is 0.254 e. The van der Waals surface area contributed by atoms with Gasteiger partial charge in [-0.2, -0.15) is 0 Å². The molecule has 27 heavy (non-hydrogen) atoms. The molecule has 0 aromatic carbocycles. The molecule has 4 heterocycles. The predicted molar refractivity (Wildman–Crippen MR) is 97.8 cm³/mol. The summed E-state index contributed by atoms with van der Waals surface area (Å²) < 4.78 is 29.4. The summed E-state index contributed by atoms with van der Waals surface area (Å²) in [6, 6.07) is 0.952. The summed E-state index contributed by atoms with van der Waals surface area (Å²) in [5.74, 6) is -1.24. The normalized spacial score (nSPS) is 33.0. The lowest BCUT2D eigenvalue weighted by atomic mass is 9.90. The fourth-order valence-corrected chi connectivity index (χ4v) is 6.68. The molecule has 148 valence electrons. The van der Waals surface area contributed by atoms with Gasteiger partial charge in [0.05, 0.1) is 35.3 Å². The molecule has 3 saturated heterocycles. The van der Waals surface area contributed by atoms with Crippen LogP contribution in [0.4, 0.5) is 0 Å². The van der Waals surface area contributed by atoms with E-state index in [4.69, 9.17) is 4.42 Å². The highest BCUT2D eigenvalue weighted by molar-refractivity contribution is 7.91. The van der Waals surface area contributed by atoms with Crippen molar-refractivity contribution in [3.63, 3.8) is 0 Å². The van der Waals surface area contributed by atoms with Gasteiger partial charge >= 0.3 is 0 Å². The molecule has 3 aliphatic rings. The SMILES string of the molecule is CN1C[C@@H]2CCCN(C(=O)[C@@H]3CS(=O)(=O)C[C@H]3NC(=O)c3ccoc3)[C@@H]2C1. The number of fused-ring (bicyclic) bond motifs is 1. The predicted octanol–water partition coefficient (Wildman–Crippen LogP) is -0.0248. The van der Waals surface area contributed by atoms with Crippen molar-refractivity contribution in [2.45, 2.75) is 24.9 Å². The van der Waals surface area contributed by atoms with Gasteiger partial charge in [-0.25, -0.2) is 8.42 Å². The molecule has 1 aromatic rings. The third-order valence-electron chi connectivity index (χ3n) is 6.02. The highest BCUT2D eigenvalue weighted by atomic mass is 32.2. The standard InChI is InChI=1S/C18H25N3O5S/c1-20-7-12-3-2-5-21(16(12)8-20)18(23)14-10-27(24,25)11-15(14)19-17(22)13-4-6-26-9-13/h4,6,9,12,14-16H,2-3,5,7-8,10-11H2,1H3,(H,19,22)/t12-,14+,15+,16+/m0/s1. The lowest BCUT2D eigenvalue weighted by molar-refractivity contribution is -0.139. The van der Waals surface area contributed by atoms with Crippen molar-refractivity contribution < 1.29 is 22.4 Å². The van der Waals surface area contributed by atoms with E-state index < -0.39 is 27.7 Å². The molecule has 0 radical (unpaired) electrons. The zero-order valence-corrected chi connectivity index (χ0v) is 16.2. The zero-order chi connectivity index (χ0) is 19.2. The molecule has 0 unspecified atom stereocenters. The maximum atomic E-state index is 13.3. The topological polar surface area (TPSA) is 99.9 Å². The molecular weight excluding hydrogens is 370 g/mol. The molecule has 4 rings (SSSR count). The van der Waals surface area contributed by atoms with Gasteiger partial charge in [0, 0.05) is 25.7 Å². The van der Waals surface area contributed by atoms with Gasteiger partial charge in [-0.15, -0.1) is 0 Å². The molecule has 8 nitrogen and oxygen atoms in total. The molecular formula is C18H25N3O5S. The fourth-order valence-electron chi connectivity index (χ4n) is 4.76. The summed E-state index contributed by atoms with van der Waals surface area (Å²) in [5, 5.41) is 2.74. The van der Waals surface area contributed by atoms with Crippen LogP contribution < -0.4 is 5.32 Å². The summed E-state index contributed by atoms with van der Waals surface area (Å²) in [5.41, 5.74) is 0.320. The van der Waals surface area contributed by atoms with E-state index in [2.05, 4.69) is 17.3 Å². The van der Waals surface area contributed by atoms with E-state index in [1.54, 1.807) is 0 Å². The Morgan fingerprint density at radius 1 is 1.26 bits per heavy atom. The van der Waals surface area contributed by atoms with Gasteiger partial charge in [-0.1, -0.05) is 0 Å². The Morgan fingerprint density at radius 3 is 2.81 bits per heavy atom. The molecule has 3 fully saturated rings. The number of piperidine rings is 1. The van der Waals surface area contributed by atoms with Crippen LogP contribution in [-0.2, 0) is 14.6 Å². The number of furan rings is 1. The van der Waals surface area contributed by atoms with Crippen LogP contribution in [-0.4, -0.2) is 80.3 Å². The summed E-state index contributed by atoms with van der Waals surface area (Å²) in [7, 11) is -1.32. The second-order valence-electron chi connectivity index (χ2n) is 8.00. The van der Waals surface area contributed by atoms with Crippen molar-refractivity contribution in [2.24, 2.45) is 11.8 Å². The highest BCUT2D eigenvalue weighted by Crippen LogP contribution is 2.32. The second-order valence-corrected chi connectivity index (χ2v) is 10.2. The fraction of sp³-hybridized carbons (Fsp3) is 0.667. The number of hydrogen-bond donors (Lipinski definition) is 1. The molecule has 9 heteroatoms. The number of sulfone groups is 1. The number of hydrogen-bond acceptors (Lipinski definition) is 6. The molecule has 0 spiro atoms. The molecule has 0 bridgehead atoms. The van der Waals surface area contributed by atoms with Gasteiger partial charge in [0.2, 0.25) is 5.91 Å². The number of carbonyl (C=O) groups excluding carboxylic acids is 2. The lowest BCUT2D eigenvalue weighted by Gasteiger charge is -2.39. The molecule has 3 aliphatic heterocycles. The van der Waals surface area contributed by atoms with E-state index >= 15 is 0 Å². The Labute approximate surface area is 158 Å². The van der Waals surface area contributed by atoms with Crippen LogP contribution in [0.25, 0.3) is 0 Å². The van der Waals surface area contributed by atoms with E-state index in [-0.39, 0.29) is 23.5 Å². The number of amides is 2. The third-order valence-corrected chi connectivity index (χ3v) is 7.75. The van der Waals surface area contributed by atoms with Crippen LogP contribution in [0.3, 0.4) is 0 Å². The van der Waals surface area contributed by atoms with Crippen LogP contribution in [0.15, 0.2) is 23.0 Å². The Hall–Kier alpha value is -1.87. The Bertz CT molecular complexity index is 822. The molecule has 0 aliphatic carbocycles. The van der Waals surface area contributed by atoms with Crippen LogP contribution in [0.2, 0.25) is 0 Å². The largest absolute Gasteiger partial charge is 0.472 e. The van der Waals surface area contributed by atoms with Gasteiger partial charge in [0.25, 0.3) is 5.91 Å². The average molecular weight is 395 g/mol. The second kappa shape index (κ2) is 6.94. The first-order valence-corrected chi connectivity index (χ1v) is 11.2. The van der Waals surface area contributed by atoms with E-state index in [0.29, 0.717) is 18.0 Å².